The number of nitrogens with two attached hydrogens (primary N) is 1. The molecule has 10 heteroatoms. The fourth-order valence-corrected chi connectivity index (χ4v) is 3.23. The van der Waals surface area contributed by atoms with Crippen molar-refractivity contribution >= 4 is 23.3 Å². The maximum absolute atomic E-state index is 14.4. The molecule has 0 unspecified atom stereocenters. The monoisotopic (exact) mass is 434 g/mol. The van der Waals surface area contributed by atoms with E-state index < -0.39 is 17.8 Å². The lowest BCUT2D eigenvalue weighted by atomic mass is 10.2. The molecule has 2 aromatic heterocycles. The first kappa shape index (κ1) is 20.7. The van der Waals surface area contributed by atoms with Crippen molar-refractivity contribution in [3.8, 4) is 17.3 Å². The molecular formula is C22H19FN6O3. The Morgan fingerprint density at radius 3 is 2.50 bits per heavy atom. The summed E-state index contributed by atoms with van der Waals surface area (Å²) in [5.41, 5.74) is 6.36. The van der Waals surface area contributed by atoms with Crippen LogP contribution in [0.5, 0.6) is 5.75 Å². The first-order valence-electron chi connectivity index (χ1n) is 9.50. The van der Waals surface area contributed by atoms with Crippen LogP contribution in [-0.4, -0.2) is 33.4 Å². The maximum Gasteiger partial charge on any atom is 0.316 e. The maximum atomic E-state index is 14.4. The number of methoxy groups -OCH3 is 1. The Morgan fingerprint density at radius 2 is 1.81 bits per heavy atom. The van der Waals surface area contributed by atoms with Crippen LogP contribution in [-0.2, 0) is 0 Å². The lowest BCUT2D eigenvalue weighted by Crippen LogP contribution is -2.20. The number of halogens is 1. The Hall–Kier alpha value is -4.60. The predicted molar refractivity (Wildman–Crippen MR) is 117 cm³/mol. The second-order valence-corrected chi connectivity index (χ2v) is 6.69. The summed E-state index contributed by atoms with van der Waals surface area (Å²) in [6, 6.07) is 13.7. The molecule has 2 aromatic carbocycles. The number of benzene rings is 2. The number of hydrogen-bond acceptors (Lipinski definition) is 4. The molecule has 0 aliphatic rings. The standard InChI is InChI=1S/C22H19FN6O3/c1-32-19-12-14(8-9-17(19)27-22(24)31)26-20(30)15-13-25-29(18-7-3-2-6-16(18)23)21(15)28-10-4-5-11-28/h2-13H,1H3,(H,26,30)(H3,24,27,31). The summed E-state index contributed by atoms with van der Waals surface area (Å²) in [6.07, 6.45) is 4.84. The highest BCUT2D eigenvalue weighted by atomic mass is 19.1. The van der Waals surface area contributed by atoms with Crippen LogP contribution in [0.2, 0.25) is 0 Å². The number of para-hydroxylation sites is 1. The van der Waals surface area contributed by atoms with Crippen molar-refractivity contribution in [3.63, 3.8) is 0 Å². The van der Waals surface area contributed by atoms with Gasteiger partial charge in [-0.15, -0.1) is 0 Å². The molecule has 0 aliphatic heterocycles. The van der Waals surface area contributed by atoms with Gasteiger partial charge in [-0.25, -0.2) is 13.9 Å². The molecule has 9 nitrogen and oxygen atoms in total. The molecule has 4 N–H and O–H groups in total. The second kappa shape index (κ2) is 8.64. The second-order valence-electron chi connectivity index (χ2n) is 6.69. The molecule has 32 heavy (non-hydrogen) atoms. The largest absolute Gasteiger partial charge is 0.494 e. The number of nitrogens with one attached hydrogen (secondary N) is 2. The number of carbonyl (C=O) groups excluding carboxylic acids is 2. The van der Waals surface area contributed by atoms with Crippen molar-refractivity contribution in [3.05, 3.63) is 84.6 Å². The third-order valence-electron chi connectivity index (χ3n) is 4.64. The molecular weight excluding hydrogens is 415 g/mol. The summed E-state index contributed by atoms with van der Waals surface area (Å²) in [4.78, 5) is 24.2. The van der Waals surface area contributed by atoms with Crippen molar-refractivity contribution in [1.29, 1.82) is 0 Å². The highest BCUT2D eigenvalue weighted by molar-refractivity contribution is 6.06. The molecule has 0 saturated heterocycles. The summed E-state index contributed by atoms with van der Waals surface area (Å²) in [7, 11) is 1.43. The van der Waals surface area contributed by atoms with E-state index in [0.717, 1.165) is 0 Å². The summed E-state index contributed by atoms with van der Waals surface area (Å²) in [5.74, 6) is -0.252. The Bertz CT molecular complexity index is 1280. The minimum Gasteiger partial charge on any atom is -0.494 e. The molecule has 0 atom stereocenters. The molecule has 3 amide bonds. The number of aromatic nitrogens is 3. The SMILES string of the molecule is COc1cc(NC(=O)c2cnn(-c3ccccc3F)c2-n2cccc2)ccc1NC(N)=O. The zero-order valence-corrected chi connectivity index (χ0v) is 16.9. The molecule has 0 aliphatic carbocycles. The average Bonchev–Trinajstić information content (AvgIpc) is 3.44. The van der Waals surface area contributed by atoms with Crippen molar-refractivity contribution in [2.45, 2.75) is 0 Å². The van der Waals surface area contributed by atoms with E-state index in [2.05, 4.69) is 15.7 Å². The molecule has 4 rings (SSSR count). The van der Waals surface area contributed by atoms with Crippen LogP contribution in [0.3, 0.4) is 0 Å². The lowest BCUT2D eigenvalue weighted by Gasteiger charge is -2.13. The molecule has 4 aromatic rings. The van der Waals surface area contributed by atoms with Crippen LogP contribution in [0.25, 0.3) is 11.5 Å². The first-order chi connectivity index (χ1) is 15.5. The van der Waals surface area contributed by atoms with Gasteiger partial charge in [-0.1, -0.05) is 12.1 Å². The van der Waals surface area contributed by atoms with E-state index in [-0.39, 0.29) is 11.3 Å². The Balaban J connectivity index is 1.71. The van der Waals surface area contributed by atoms with Gasteiger partial charge in [0.25, 0.3) is 5.91 Å². The van der Waals surface area contributed by atoms with E-state index in [1.165, 1.54) is 24.1 Å². The van der Waals surface area contributed by atoms with Crippen molar-refractivity contribution < 1.29 is 18.7 Å². The fourth-order valence-electron chi connectivity index (χ4n) is 3.23. The quantitative estimate of drug-likeness (QED) is 0.430. The third-order valence-corrected chi connectivity index (χ3v) is 4.64. The van der Waals surface area contributed by atoms with Crippen molar-refractivity contribution in [1.82, 2.24) is 14.3 Å². The smallest absolute Gasteiger partial charge is 0.316 e. The van der Waals surface area contributed by atoms with Gasteiger partial charge < -0.3 is 25.7 Å². The van der Waals surface area contributed by atoms with Gasteiger partial charge in [0.1, 0.15) is 22.8 Å². The summed E-state index contributed by atoms with van der Waals surface area (Å²) < 4.78 is 22.7. The van der Waals surface area contributed by atoms with E-state index in [1.807, 2.05) is 0 Å². The van der Waals surface area contributed by atoms with Crippen LogP contribution in [0.15, 0.2) is 73.2 Å². The summed E-state index contributed by atoms with van der Waals surface area (Å²) >= 11 is 0. The van der Waals surface area contributed by atoms with Gasteiger partial charge in [0.2, 0.25) is 0 Å². The number of nitrogens with zero attached hydrogens (tertiary/aromatic N) is 3. The van der Waals surface area contributed by atoms with Gasteiger partial charge in [-0.2, -0.15) is 5.10 Å². The average molecular weight is 434 g/mol. The normalized spacial score (nSPS) is 10.6. The number of primary amides is 1. The minimum atomic E-state index is -0.739. The molecule has 0 fully saturated rings. The summed E-state index contributed by atoms with van der Waals surface area (Å²) in [5, 5.41) is 9.47. The number of amides is 3. The van der Waals surface area contributed by atoms with Crippen LogP contribution in [0.4, 0.5) is 20.6 Å². The topological polar surface area (TPSA) is 116 Å². The Labute approximate surface area is 182 Å². The molecule has 2 heterocycles. The number of rotatable bonds is 6. The zero-order valence-electron chi connectivity index (χ0n) is 16.9. The van der Waals surface area contributed by atoms with E-state index in [9.17, 15) is 14.0 Å². The Morgan fingerprint density at radius 1 is 1.06 bits per heavy atom. The summed E-state index contributed by atoms with van der Waals surface area (Å²) in [6.45, 7) is 0. The van der Waals surface area contributed by atoms with Crippen molar-refractivity contribution in [2.24, 2.45) is 5.73 Å². The van der Waals surface area contributed by atoms with Gasteiger partial charge in [-0.05, 0) is 36.4 Å². The predicted octanol–water partition coefficient (Wildman–Crippen LogP) is 3.55. The van der Waals surface area contributed by atoms with Crippen LogP contribution < -0.4 is 21.1 Å². The third kappa shape index (κ3) is 4.01. The first-order valence-corrected chi connectivity index (χ1v) is 9.50. The Kier molecular flexibility index (Phi) is 5.58. The molecule has 0 saturated carbocycles. The van der Waals surface area contributed by atoms with Gasteiger partial charge in [0, 0.05) is 24.1 Å². The van der Waals surface area contributed by atoms with Gasteiger partial charge >= 0.3 is 6.03 Å². The molecule has 0 spiro atoms. The number of carbonyl (C=O) groups is 2. The van der Waals surface area contributed by atoms with Crippen LogP contribution >= 0.6 is 0 Å². The van der Waals surface area contributed by atoms with Gasteiger partial charge in [-0.3, -0.25) is 4.79 Å². The van der Waals surface area contributed by atoms with E-state index >= 15 is 0 Å². The van der Waals surface area contributed by atoms with E-state index in [0.29, 0.717) is 22.9 Å². The van der Waals surface area contributed by atoms with Gasteiger partial charge in [0.05, 0.1) is 19.0 Å². The van der Waals surface area contributed by atoms with Crippen molar-refractivity contribution in [2.75, 3.05) is 17.7 Å². The lowest BCUT2D eigenvalue weighted by molar-refractivity contribution is 0.102. The number of hydrogen-bond donors (Lipinski definition) is 3. The number of anilines is 2. The van der Waals surface area contributed by atoms with E-state index in [4.69, 9.17) is 10.5 Å². The van der Waals surface area contributed by atoms with Crippen LogP contribution in [0, 0.1) is 5.82 Å². The van der Waals surface area contributed by atoms with Gasteiger partial charge in [0.15, 0.2) is 5.82 Å². The molecule has 0 radical (unpaired) electrons. The fraction of sp³-hybridized carbons (Fsp3) is 0.0455. The number of ether oxygens (including phenoxy) is 1. The van der Waals surface area contributed by atoms with E-state index in [1.54, 1.807) is 65.5 Å². The molecule has 162 valence electrons. The zero-order chi connectivity index (χ0) is 22.7. The number of urea groups is 1. The highest BCUT2D eigenvalue weighted by Gasteiger charge is 2.21. The minimum absolute atomic E-state index is 0.207. The highest BCUT2D eigenvalue weighted by Crippen LogP contribution is 2.29. The van der Waals surface area contributed by atoms with Crippen LogP contribution in [0.1, 0.15) is 10.4 Å². The molecule has 0 bridgehead atoms.